The number of alkyl halides is 2. The van der Waals surface area contributed by atoms with Crippen molar-refractivity contribution in [1.29, 1.82) is 0 Å². The van der Waals surface area contributed by atoms with Crippen LogP contribution in [0.5, 0.6) is 23.0 Å². The standard InChI is InChI=1S/C17H24N2O4.C12H14F2N2O4/c1-19(17(21)16(18)20)10-9-12-7-8-14(22-2)15(11-12)23-13-5-3-4-6-13;1-19-9-6-7(2-3-8(9)20-12(13)14)4-5-16-11(18)10(15)17/h7-8,11,13H,3-6,9-10H2,1-2H3,(H2,18,20);2-3,6,12H,4-5H2,1H3,(H2,15,17)(H,16,18). The monoisotopic (exact) mass is 608 g/mol. The Morgan fingerprint density at radius 3 is 2.02 bits per heavy atom. The summed E-state index contributed by atoms with van der Waals surface area (Å²) in [6, 6.07) is 10.2. The van der Waals surface area contributed by atoms with Crippen LogP contribution in [0.25, 0.3) is 0 Å². The van der Waals surface area contributed by atoms with E-state index in [0.717, 1.165) is 24.2 Å². The maximum Gasteiger partial charge on any atom is 0.387 e. The van der Waals surface area contributed by atoms with Gasteiger partial charge in [0.1, 0.15) is 0 Å². The first-order valence-electron chi connectivity index (χ1n) is 13.5. The molecule has 1 aliphatic carbocycles. The quantitative estimate of drug-likeness (QED) is 0.307. The molecule has 236 valence electrons. The third kappa shape index (κ3) is 11.6. The molecule has 1 fully saturated rings. The summed E-state index contributed by atoms with van der Waals surface area (Å²) >= 11 is 0. The Morgan fingerprint density at radius 2 is 1.47 bits per heavy atom. The summed E-state index contributed by atoms with van der Waals surface area (Å²) in [5, 5.41) is 2.31. The molecule has 12 nitrogen and oxygen atoms in total. The highest BCUT2D eigenvalue weighted by Gasteiger charge is 2.19. The van der Waals surface area contributed by atoms with Gasteiger partial charge in [0.25, 0.3) is 0 Å². The van der Waals surface area contributed by atoms with Crippen molar-refractivity contribution in [2.24, 2.45) is 11.5 Å². The molecule has 0 aliphatic heterocycles. The number of halogens is 2. The number of carbonyl (C=O) groups is 4. The van der Waals surface area contributed by atoms with Crippen molar-refractivity contribution in [3.63, 3.8) is 0 Å². The summed E-state index contributed by atoms with van der Waals surface area (Å²) in [6.07, 6.45) is 5.79. The third-order valence-corrected chi connectivity index (χ3v) is 6.48. The van der Waals surface area contributed by atoms with Gasteiger partial charge in [0, 0.05) is 20.1 Å². The minimum Gasteiger partial charge on any atom is -0.493 e. The van der Waals surface area contributed by atoms with E-state index in [1.165, 1.54) is 37.0 Å². The molecule has 1 saturated carbocycles. The zero-order valence-corrected chi connectivity index (χ0v) is 24.4. The SMILES string of the molecule is COc1cc(CCNC(=O)C(N)=O)ccc1OC(F)F.COc1ccc(CCN(C)C(=O)C(N)=O)cc1OC1CCCC1. The first-order valence-corrected chi connectivity index (χ1v) is 13.5. The lowest BCUT2D eigenvalue weighted by molar-refractivity contribution is -0.143. The highest BCUT2D eigenvalue weighted by Crippen LogP contribution is 2.33. The number of nitrogens with two attached hydrogens (primary N) is 2. The molecule has 0 heterocycles. The molecule has 43 heavy (non-hydrogen) atoms. The van der Waals surface area contributed by atoms with E-state index in [1.807, 2.05) is 18.2 Å². The van der Waals surface area contributed by atoms with E-state index in [0.29, 0.717) is 30.7 Å². The second-order valence-electron chi connectivity index (χ2n) is 9.58. The maximum atomic E-state index is 12.1. The number of ether oxygens (including phenoxy) is 4. The number of rotatable bonds is 12. The van der Waals surface area contributed by atoms with Crippen LogP contribution in [-0.2, 0) is 32.0 Å². The van der Waals surface area contributed by atoms with Crippen molar-refractivity contribution in [2.75, 3.05) is 34.4 Å². The molecule has 2 aromatic rings. The van der Waals surface area contributed by atoms with E-state index in [2.05, 4.69) is 10.1 Å². The summed E-state index contributed by atoms with van der Waals surface area (Å²) in [7, 11) is 4.51. The van der Waals surface area contributed by atoms with Crippen LogP contribution in [0, 0.1) is 0 Å². The fourth-order valence-corrected chi connectivity index (χ4v) is 4.21. The molecule has 1 aliphatic rings. The highest BCUT2D eigenvalue weighted by atomic mass is 19.3. The molecule has 0 spiro atoms. The zero-order chi connectivity index (χ0) is 31.9. The molecule has 0 atom stereocenters. The Labute approximate surface area is 248 Å². The number of nitrogens with zero attached hydrogens (tertiary/aromatic N) is 1. The van der Waals surface area contributed by atoms with Crippen molar-refractivity contribution in [2.45, 2.75) is 51.2 Å². The number of carbonyl (C=O) groups excluding carboxylic acids is 4. The van der Waals surface area contributed by atoms with Crippen molar-refractivity contribution in [3.8, 4) is 23.0 Å². The highest BCUT2D eigenvalue weighted by molar-refractivity contribution is 6.34. The van der Waals surface area contributed by atoms with Crippen LogP contribution >= 0.6 is 0 Å². The Balaban J connectivity index is 0.000000304. The van der Waals surface area contributed by atoms with Gasteiger partial charge in [-0.2, -0.15) is 8.78 Å². The second-order valence-corrected chi connectivity index (χ2v) is 9.58. The largest absolute Gasteiger partial charge is 0.493 e. The third-order valence-electron chi connectivity index (χ3n) is 6.48. The van der Waals surface area contributed by atoms with Crippen LogP contribution in [0.1, 0.15) is 36.8 Å². The molecular formula is C29H38F2N4O8. The normalized spacial score (nSPS) is 12.5. The van der Waals surface area contributed by atoms with Gasteiger partial charge in [-0.25, -0.2) is 0 Å². The average Bonchev–Trinajstić information content (AvgIpc) is 3.49. The fourth-order valence-electron chi connectivity index (χ4n) is 4.21. The van der Waals surface area contributed by atoms with Gasteiger partial charge in [-0.15, -0.1) is 0 Å². The number of primary amides is 2. The molecule has 2 aromatic carbocycles. The van der Waals surface area contributed by atoms with Gasteiger partial charge >= 0.3 is 30.2 Å². The number of benzene rings is 2. The van der Waals surface area contributed by atoms with E-state index in [1.54, 1.807) is 20.2 Å². The van der Waals surface area contributed by atoms with Crippen molar-refractivity contribution in [1.82, 2.24) is 10.2 Å². The number of hydrogen-bond acceptors (Lipinski definition) is 8. The topological polar surface area (TPSA) is 173 Å². The molecule has 0 unspecified atom stereocenters. The smallest absolute Gasteiger partial charge is 0.387 e. The summed E-state index contributed by atoms with van der Waals surface area (Å²) in [4.78, 5) is 45.1. The van der Waals surface area contributed by atoms with E-state index < -0.39 is 30.2 Å². The first-order chi connectivity index (χ1) is 20.4. The average molecular weight is 609 g/mol. The number of likely N-dealkylation sites (N-methyl/N-ethyl adjacent to an activating group) is 1. The molecule has 0 radical (unpaired) electrons. The molecule has 14 heteroatoms. The van der Waals surface area contributed by atoms with Crippen LogP contribution in [0.15, 0.2) is 36.4 Å². The Morgan fingerprint density at radius 1 is 0.884 bits per heavy atom. The van der Waals surface area contributed by atoms with Crippen LogP contribution in [-0.4, -0.2) is 75.6 Å². The molecule has 3 rings (SSSR count). The summed E-state index contributed by atoms with van der Waals surface area (Å²) in [5.74, 6) is -2.04. The molecule has 0 bridgehead atoms. The minimum atomic E-state index is -2.94. The number of methoxy groups -OCH3 is 2. The first kappa shape index (κ1) is 34.6. The number of amides is 4. The molecule has 0 aromatic heterocycles. The predicted octanol–water partition coefficient (Wildman–Crippen LogP) is 1.94. The van der Waals surface area contributed by atoms with E-state index in [9.17, 15) is 28.0 Å². The van der Waals surface area contributed by atoms with Gasteiger partial charge < -0.3 is 40.6 Å². The van der Waals surface area contributed by atoms with Gasteiger partial charge in [-0.1, -0.05) is 12.1 Å². The molecule has 4 amide bonds. The van der Waals surface area contributed by atoms with E-state index >= 15 is 0 Å². The van der Waals surface area contributed by atoms with Gasteiger partial charge in [-0.05, 0) is 73.9 Å². The number of hydrogen-bond donors (Lipinski definition) is 3. The van der Waals surface area contributed by atoms with E-state index in [-0.39, 0.29) is 24.1 Å². The van der Waals surface area contributed by atoms with Crippen LogP contribution in [0.3, 0.4) is 0 Å². The lowest BCUT2D eigenvalue weighted by Gasteiger charge is -2.18. The summed E-state index contributed by atoms with van der Waals surface area (Å²) in [6.45, 7) is -2.35. The number of nitrogens with one attached hydrogen (secondary N) is 1. The lowest BCUT2D eigenvalue weighted by Crippen LogP contribution is -2.38. The summed E-state index contributed by atoms with van der Waals surface area (Å²) < 4.78 is 44.9. The van der Waals surface area contributed by atoms with Gasteiger partial charge in [-0.3, -0.25) is 19.2 Å². The van der Waals surface area contributed by atoms with Crippen LogP contribution in [0.4, 0.5) is 8.78 Å². The lowest BCUT2D eigenvalue weighted by atomic mass is 10.1. The fraction of sp³-hybridized carbons (Fsp3) is 0.448. The minimum absolute atomic E-state index is 0.0765. The van der Waals surface area contributed by atoms with Crippen LogP contribution in [0.2, 0.25) is 0 Å². The van der Waals surface area contributed by atoms with Crippen molar-refractivity contribution in [3.05, 3.63) is 47.5 Å². The maximum absolute atomic E-state index is 12.1. The molecule has 5 N–H and O–H groups in total. The predicted molar refractivity (Wildman–Crippen MR) is 152 cm³/mol. The van der Waals surface area contributed by atoms with Crippen molar-refractivity contribution < 1.29 is 46.9 Å². The van der Waals surface area contributed by atoms with E-state index in [4.69, 9.17) is 25.7 Å². The molecular weight excluding hydrogens is 570 g/mol. The van der Waals surface area contributed by atoms with Gasteiger partial charge in [0.2, 0.25) is 0 Å². The van der Waals surface area contributed by atoms with Crippen LogP contribution < -0.4 is 35.7 Å². The zero-order valence-electron chi connectivity index (χ0n) is 24.4. The second kappa shape index (κ2) is 17.4. The Hall–Kier alpha value is -4.62. The summed E-state index contributed by atoms with van der Waals surface area (Å²) in [5.41, 5.74) is 11.5. The van der Waals surface area contributed by atoms with Gasteiger partial charge in [0.15, 0.2) is 23.0 Å². The molecule has 0 saturated heterocycles. The van der Waals surface area contributed by atoms with Crippen molar-refractivity contribution >= 4 is 23.6 Å². The van der Waals surface area contributed by atoms with Gasteiger partial charge in [0.05, 0.1) is 20.3 Å². The Bertz CT molecular complexity index is 1250. The Kier molecular flexibility index (Phi) is 14.0.